The average Bonchev–Trinajstić information content (AvgIpc) is 3.08. The maximum absolute atomic E-state index is 14.1. The van der Waals surface area contributed by atoms with E-state index in [0.29, 0.717) is 6.42 Å². The normalized spacial score (nSPS) is 49.0. The highest BCUT2D eigenvalue weighted by molar-refractivity contribution is 5.83. The SMILES string of the molecule is CC[C@H]1OC(=O)[C@H](C)[C@@H](OC2C[C@@](C)(OC)[C@@H](O)[C@H](C)O2)[C@H](C)[C@@H](OC2O[C@H](OC)C[C@H](N(C)C)[C@H]2O)[C@](C)(O)C[C@@H](C)C(=O)[C@H](C)[C@@H](O)[C@]1(C)O. The number of aliphatic hydroxyl groups is 5. The molecule has 3 aliphatic heterocycles. The summed E-state index contributed by atoms with van der Waals surface area (Å²) in [6, 6.07) is -0.444. The molecule has 3 heterocycles. The van der Waals surface area contributed by atoms with Gasteiger partial charge in [0.2, 0.25) is 0 Å². The first kappa shape index (κ1) is 45.1. The fourth-order valence-corrected chi connectivity index (χ4v) is 8.34. The fraction of sp³-hybridized carbons (Fsp3) is 0.946. The monoisotopic (exact) mass is 749 g/mol. The first-order valence-electron chi connectivity index (χ1n) is 18.6. The van der Waals surface area contributed by atoms with Crippen LogP contribution in [0.5, 0.6) is 0 Å². The third kappa shape index (κ3) is 9.54. The summed E-state index contributed by atoms with van der Waals surface area (Å²) >= 11 is 0. The van der Waals surface area contributed by atoms with Gasteiger partial charge in [-0.2, -0.15) is 0 Å². The number of aliphatic hydroxyl groups excluding tert-OH is 3. The van der Waals surface area contributed by atoms with Crippen LogP contribution < -0.4 is 0 Å². The van der Waals surface area contributed by atoms with E-state index in [9.17, 15) is 35.1 Å². The van der Waals surface area contributed by atoms with Gasteiger partial charge in [-0.1, -0.05) is 27.7 Å². The molecule has 3 saturated heterocycles. The Labute approximate surface area is 309 Å². The van der Waals surface area contributed by atoms with Crippen molar-refractivity contribution in [1.29, 1.82) is 0 Å². The first-order chi connectivity index (χ1) is 24.0. The Morgan fingerprint density at radius 3 is 2.02 bits per heavy atom. The summed E-state index contributed by atoms with van der Waals surface area (Å²) in [4.78, 5) is 29.7. The summed E-state index contributed by atoms with van der Waals surface area (Å²) < 4.78 is 42.5. The molecule has 3 rings (SSSR count). The molecule has 0 saturated carbocycles. The van der Waals surface area contributed by atoms with Gasteiger partial charge in [0.25, 0.3) is 0 Å². The van der Waals surface area contributed by atoms with E-state index in [1.54, 1.807) is 55.6 Å². The second kappa shape index (κ2) is 17.6. The highest BCUT2D eigenvalue weighted by Crippen LogP contribution is 2.40. The van der Waals surface area contributed by atoms with Crippen LogP contribution in [-0.2, 0) is 42.7 Å². The van der Waals surface area contributed by atoms with Gasteiger partial charge in [0.15, 0.2) is 18.9 Å². The van der Waals surface area contributed by atoms with E-state index >= 15 is 0 Å². The summed E-state index contributed by atoms with van der Waals surface area (Å²) in [5.74, 6) is -5.12. The van der Waals surface area contributed by atoms with E-state index < -0.39 is 120 Å². The van der Waals surface area contributed by atoms with Gasteiger partial charge in [-0.15, -0.1) is 0 Å². The van der Waals surface area contributed by atoms with Crippen LogP contribution in [0, 0.1) is 23.7 Å². The number of ether oxygens (including phenoxy) is 7. The zero-order chi connectivity index (χ0) is 39.7. The predicted molar refractivity (Wildman–Crippen MR) is 188 cm³/mol. The Morgan fingerprint density at radius 1 is 0.865 bits per heavy atom. The molecule has 0 aromatic carbocycles. The molecule has 304 valence electrons. The van der Waals surface area contributed by atoms with Crippen LogP contribution in [-0.4, -0.2) is 155 Å². The number of carbonyl (C=O) groups is 2. The van der Waals surface area contributed by atoms with Crippen molar-refractivity contribution >= 4 is 11.8 Å². The lowest BCUT2D eigenvalue weighted by Gasteiger charge is -2.49. The van der Waals surface area contributed by atoms with Gasteiger partial charge in [-0.05, 0) is 61.6 Å². The Balaban J connectivity index is 2.19. The highest BCUT2D eigenvalue weighted by atomic mass is 16.8. The van der Waals surface area contributed by atoms with Gasteiger partial charge in [0.05, 0.1) is 41.5 Å². The number of carbonyl (C=O) groups excluding carboxylic acids is 2. The maximum Gasteiger partial charge on any atom is 0.311 e. The molecule has 15 heteroatoms. The third-order valence-electron chi connectivity index (χ3n) is 11.9. The van der Waals surface area contributed by atoms with Crippen LogP contribution in [0.3, 0.4) is 0 Å². The van der Waals surface area contributed by atoms with Crippen LogP contribution in [0.4, 0.5) is 0 Å². The summed E-state index contributed by atoms with van der Waals surface area (Å²) in [5.41, 5.74) is -4.91. The number of methoxy groups -OCH3 is 2. The number of rotatable bonds is 8. The topological polar surface area (TPSA) is 203 Å². The van der Waals surface area contributed by atoms with Crippen molar-refractivity contribution in [1.82, 2.24) is 4.90 Å². The number of nitrogens with zero attached hydrogens (tertiary/aromatic N) is 1. The Kier molecular flexibility index (Phi) is 15.3. The van der Waals surface area contributed by atoms with Crippen molar-refractivity contribution < 1.29 is 68.3 Å². The Hall–Kier alpha value is -1.34. The maximum atomic E-state index is 14.1. The van der Waals surface area contributed by atoms with Gasteiger partial charge < -0.3 is 63.6 Å². The minimum absolute atomic E-state index is 0.0777. The largest absolute Gasteiger partial charge is 0.459 e. The molecule has 0 amide bonds. The van der Waals surface area contributed by atoms with Gasteiger partial charge in [-0.3, -0.25) is 9.59 Å². The Bertz CT molecular complexity index is 1190. The van der Waals surface area contributed by atoms with Gasteiger partial charge in [0.1, 0.15) is 29.7 Å². The standard InChI is InChI=1S/C37H67NO14/c1-14-24-37(9,45)30(41)19(3)27(39)18(2)16-35(7,44)32(52-34-28(40)23(38(10)11)15-25(46-12)51-34)20(4)29(21(5)33(43)49-24)50-26-17-36(8,47-13)31(42)22(6)48-26/h18-26,28-32,34,40-42,44-45H,14-17H2,1-13H3/t18-,19+,20+,21-,22+,23+,24-,25+,26?,28-,29+,30-,31+,32-,34?,35-,36-,37-/m1/s1. The number of cyclic esters (lactones) is 1. The van der Waals surface area contributed by atoms with E-state index in [1.165, 1.54) is 35.0 Å². The van der Waals surface area contributed by atoms with Crippen molar-refractivity contribution in [2.24, 2.45) is 23.7 Å². The molecular weight excluding hydrogens is 682 g/mol. The number of esters is 1. The lowest BCUT2D eigenvalue weighted by molar-refractivity contribution is -0.340. The van der Waals surface area contributed by atoms with Crippen LogP contribution in [0.2, 0.25) is 0 Å². The number of hydrogen-bond acceptors (Lipinski definition) is 15. The molecule has 52 heavy (non-hydrogen) atoms. The van der Waals surface area contributed by atoms with Crippen LogP contribution in [0.15, 0.2) is 0 Å². The van der Waals surface area contributed by atoms with Gasteiger partial charge in [0, 0.05) is 50.9 Å². The van der Waals surface area contributed by atoms with E-state index in [-0.39, 0.29) is 19.3 Å². The molecule has 0 aromatic rings. The predicted octanol–water partition coefficient (Wildman–Crippen LogP) is 1.37. The second-order valence-electron chi connectivity index (χ2n) is 16.3. The molecule has 18 atom stereocenters. The molecule has 2 unspecified atom stereocenters. The van der Waals surface area contributed by atoms with E-state index in [0.717, 1.165) is 0 Å². The quantitative estimate of drug-likeness (QED) is 0.223. The number of Topliss-reactive ketones (excluding diaryl/α,β-unsaturated/α-hetero) is 1. The molecule has 3 aliphatic rings. The van der Waals surface area contributed by atoms with Crippen molar-refractivity contribution in [2.75, 3.05) is 28.3 Å². The number of hydrogen-bond donors (Lipinski definition) is 5. The molecule has 3 fully saturated rings. The summed E-state index contributed by atoms with van der Waals surface area (Å²) in [6.07, 6.45) is -10.8. The molecule has 0 aromatic heterocycles. The van der Waals surface area contributed by atoms with Crippen LogP contribution in [0.25, 0.3) is 0 Å². The van der Waals surface area contributed by atoms with E-state index in [4.69, 9.17) is 33.2 Å². The molecule has 0 bridgehead atoms. The van der Waals surface area contributed by atoms with Crippen LogP contribution in [0.1, 0.15) is 88.0 Å². The molecule has 0 spiro atoms. The lowest BCUT2D eigenvalue weighted by Crippen LogP contribution is -2.61. The molecule has 5 N–H and O–H groups in total. The smallest absolute Gasteiger partial charge is 0.311 e. The molecular formula is C37H67NO14. The number of ketones is 1. The van der Waals surface area contributed by atoms with E-state index in [2.05, 4.69) is 0 Å². The third-order valence-corrected chi connectivity index (χ3v) is 11.9. The summed E-state index contributed by atoms with van der Waals surface area (Å²) in [6.45, 7) is 14.3. The minimum Gasteiger partial charge on any atom is -0.459 e. The summed E-state index contributed by atoms with van der Waals surface area (Å²) in [5, 5.41) is 57.7. The van der Waals surface area contributed by atoms with Crippen molar-refractivity contribution in [3.8, 4) is 0 Å². The lowest BCUT2D eigenvalue weighted by atomic mass is 9.74. The average molecular weight is 750 g/mol. The molecule has 15 nitrogen and oxygen atoms in total. The van der Waals surface area contributed by atoms with Crippen molar-refractivity contribution in [3.63, 3.8) is 0 Å². The second-order valence-corrected chi connectivity index (χ2v) is 16.3. The first-order valence-corrected chi connectivity index (χ1v) is 18.6. The highest BCUT2D eigenvalue weighted by Gasteiger charge is 2.53. The molecule has 0 radical (unpaired) electrons. The van der Waals surface area contributed by atoms with E-state index in [1.807, 2.05) is 4.90 Å². The Morgan fingerprint density at radius 2 is 1.48 bits per heavy atom. The van der Waals surface area contributed by atoms with Crippen molar-refractivity contribution in [2.45, 2.75) is 172 Å². The molecule has 0 aliphatic carbocycles. The summed E-state index contributed by atoms with van der Waals surface area (Å²) in [7, 11) is 6.56. The van der Waals surface area contributed by atoms with Crippen molar-refractivity contribution in [3.05, 3.63) is 0 Å². The zero-order valence-corrected chi connectivity index (χ0v) is 33.3. The van der Waals surface area contributed by atoms with Crippen LogP contribution >= 0.6 is 0 Å². The van der Waals surface area contributed by atoms with Gasteiger partial charge in [-0.25, -0.2) is 0 Å². The fourth-order valence-electron chi connectivity index (χ4n) is 8.34. The zero-order valence-electron chi connectivity index (χ0n) is 33.3. The minimum atomic E-state index is -2.01. The number of likely N-dealkylation sites (N-methyl/N-ethyl adjacent to an activating group) is 1. The van der Waals surface area contributed by atoms with Gasteiger partial charge >= 0.3 is 5.97 Å².